The van der Waals surface area contributed by atoms with Gasteiger partial charge in [0.05, 0.1) is 12.8 Å². The van der Waals surface area contributed by atoms with Crippen molar-refractivity contribution < 1.29 is 9.84 Å². The van der Waals surface area contributed by atoms with Crippen LogP contribution in [0.5, 0.6) is 5.75 Å². The second-order valence-electron chi connectivity index (χ2n) is 4.48. The zero-order valence-electron chi connectivity index (χ0n) is 11.7. The summed E-state index contributed by atoms with van der Waals surface area (Å²) in [5.74, 6) is 0.698. The average Bonchev–Trinajstić information content (AvgIpc) is 2.52. The van der Waals surface area contributed by atoms with Gasteiger partial charge in [0.15, 0.2) is 0 Å². The summed E-state index contributed by atoms with van der Waals surface area (Å²) in [6.07, 6.45) is 5.64. The Labute approximate surface area is 124 Å². The number of rotatable bonds is 6. The van der Waals surface area contributed by atoms with Crippen LogP contribution >= 0.6 is 11.8 Å². The Morgan fingerprint density at radius 2 is 1.95 bits per heavy atom. The molecule has 1 aromatic heterocycles. The van der Waals surface area contributed by atoms with Gasteiger partial charge in [-0.2, -0.15) is 0 Å². The number of hydrogen-bond acceptors (Lipinski definition) is 4. The first-order chi connectivity index (χ1) is 9.74. The molecule has 0 spiro atoms. The van der Waals surface area contributed by atoms with Crippen molar-refractivity contribution in [1.82, 2.24) is 4.98 Å². The third-order valence-electron chi connectivity index (χ3n) is 2.95. The first-order valence-electron chi connectivity index (χ1n) is 6.64. The third-order valence-corrected chi connectivity index (χ3v) is 3.70. The fraction of sp³-hybridized carbons (Fsp3) is 0.312. The lowest BCUT2D eigenvalue weighted by molar-refractivity contribution is 0.218. The minimum atomic E-state index is -0.677. The van der Waals surface area contributed by atoms with Gasteiger partial charge in [-0.1, -0.05) is 19.1 Å². The van der Waals surface area contributed by atoms with E-state index in [1.165, 1.54) is 4.90 Å². The van der Waals surface area contributed by atoms with Crippen LogP contribution in [-0.4, -0.2) is 23.0 Å². The van der Waals surface area contributed by atoms with Crippen LogP contribution in [0.25, 0.3) is 0 Å². The molecule has 1 atom stereocenters. The molecule has 1 unspecified atom stereocenters. The van der Waals surface area contributed by atoms with Gasteiger partial charge in [-0.15, -0.1) is 11.8 Å². The number of thioether (sulfide) groups is 1. The maximum Gasteiger partial charge on any atom is 0.137 e. The summed E-state index contributed by atoms with van der Waals surface area (Å²) in [6, 6.07) is 9.74. The Bertz CT molecular complexity index is 542. The standard InChI is InChI=1S/C16H19NO2S/c1-3-8-19-14-9-13(10-17-11-14)16(18)12-4-6-15(20-2)7-5-12/h4-7,9-11,16,18H,3,8H2,1-2H3. The molecule has 0 fully saturated rings. The lowest BCUT2D eigenvalue weighted by Crippen LogP contribution is -2.02. The van der Waals surface area contributed by atoms with E-state index in [4.69, 9.17) is 4.74 Å². The molecule has 1 heterocycles. The Hall–Kier alpha value is -1.52. The number of hydrogen-bond donors (Lipinski definition) is 1. The summed E-state index contributed by atoms with van der Waals surface area (Å²) >= 11 is 1.68. The minimum Gasteiger partial charge on any atom is -0.492 e. The van der Waals surface area contributed by atoms with Crippen LogP contribution in [0.4, 0.5) is 0 Å². The highest BCUT2D eigenvalue weighted by molar-refractivity contribution is 7.98. The van der Waals surface area contributed by atoms with Crippen molar-refractivity contribution in [3.63, 3.8) is 0 Å². The van der Waals surface area contributed by atoms with Crippen LogP contribution in [0.1, 0.15) is 30.6 Å². The van der Waals surface area contributed by atoms with Crippen LogP contribution in [0.3, 0.4) is 0 Å². The van der Waals surface area contributed by atoms with Crippen LogP contribution in [0.15, 0.2) is 47.6 Å². The van der Waals surface area contributed by atoms with Crippen molar-refractivity contribution in [2.45, 2.75) is 24.3 Å². The van der Waals surface area contributed by atoms with Crippen LogP contribution in [-0.2, 0) is 0 Å². The van der Waals surface area contributed by atoms with Gasteiger partial charge in [0.1, 0.15) is 11.9 Å². The molecular weight excluding hydrogens is 270 g/mol. The first kappa shape index (κ1) is 14.9. The highest BCUT2D eigenvalue weighted by atomic mass is 32.2. The average molecular weight is 289 g/mol. The number of pyridine rings is 1. The van der Waals surface area contributed by atoms with Crippen molar-refractivity contribution in [2.24, 2.45) is 0 Å². The van der Waals surface area contributed by atoms with E-state index < -0.39 is 6.10 Å². The predicted molar refractivity (Wildman–Crippen MR) is 82.3 cm³/mol. The molecule has 0 aliphatic heterocycles. The number of benzene rings is 1. The van der Waals surface area contributed by atoms with Gasteiger partial charge in [0.25, 0.3) is 0 Å². The molecule has 0 radical (unpaired) electrons. The van der Waals surface area contributed by atoms with E-state index in [0.717, 1.165) is 17.5 Å². The number of aromatic nitrogens is 1. The lowest BCUT2D eigenvalue weighted by atomic mass is 10.0. The Kier molecular flexibility index (Phi) is 5.44. The summed E-state index contributed by atoms with van der Waals surface area (Å²) in [6.45, 7) is 2.71. The van der Waals surface area contributed by atoms with Gasteiger partial charge in [-0.3, -0.25) is 4.98 Å². The van der Waals surface area contributed by atoms with Crippen LogP contribution < -0.4 is 4.74 Å². The maximum absolute atomic E-state index is 10.4. The van der Waals surface area contributed by atoms with E-state index >= 15 is 0 Å². The van der Waals surface area contributed by atoms with E-state index in [0.29, 0.717) is 12.4 Å². The second kappa shape index (κ2) is 7.31. The van der Waals surface area contributed by atoms with Crippen molar-refractivity contribution in [1.29, 1.82) is 0 Å². The number of aliphatic hydroxyl groups is 1. The predicted octanol–water partition coefficient (Wildman–Crippen LogP) is 3.67. The smallest absolute Gasteiger partial charge is 0.137 e. The van der Waals surface area contributed by atoms with Crippen molar-refractivity contribution in [3.05, 3.63) is 53.9 Å². The highest BCUT2D eigenvalue weighted by Gasteiger charge is 2.11. The molecule has 0 aliphatic rings. The first-order valence-corrected chi connectivity index (χ1v) is 7.87. The zero-order valence-corrected chi connectivity index (χ0v) is 12.6. The molecule has 4 heteroatoms. The largest absolute Gasteiger partial charge is 0.492 e. The van der Waals surface area contributed by atoms with Crippen molar-refractivity contribution >= 4 is 11.8 Å². The zero-order chi connectivity index (χ0) is 14.4. The molecule has 1 N–H and O–H groups in total. The monoisotopic (exact) mass is 289 g/mol. The normalized spacial score (nSPS) is 12.2. The second-order valence-corrected chi connectivity index (χ2v) is 5.36. The molecule has 3 nitrogen and oxygen atoms in total. The fourth-order valence-corrected chi connectivity index (χ4v) is 2.27. The molecule has 2 aromatic rings. The van der Waals surface area contributed by atoms with Crippen LogP contribution in [0.2, 0.25) is 0 Å². The molecular formula is C16H19NO2S. The van der Waals surface area contributed by atoms with Crippen molar-refractivity contribution in [2.75, 3.05) is 12.9 Å². The fourth-order valence-electron chi connectivity index (χ4n) is 1.86. The Morgan fingerprint density at radius 1 is 1.20 bits per heavy atom. The number of nitrogens with zero attached hydrogens (tertiary/aromatic N) is 1. The van der Waals surface area contributed by atoms with Gasteiger partial charge in [-0.25, -0.2) is 0 Å². The third kappa shape index (κ3) is 3.74. The van der Waals surface area contributed by atoms with E-state index in [2.05, 4.69) is 11.9 Å². The summed E-state index contributed by atoms with van der Waals surface area (Å²) in [5, 5.41) is 10.4. The van der Waals surface area contributed by atoms with Gasteiger partial charge in [0, 0.05) is 16.7 Å². The quantitative estimate of drug-likeness (QED) is 0.824. The summed E-state index contributed by atoms with van der Waals surface area (Å²) in [4.78, 5) is 5.31. The van der Waals surface area contributed by atoms with Crippen molar-refractivity contribution in [3.8, 4) is 5.75 Å². The van der Waals surface area contributed by atoms with Gasteiger partial charge < -0.3 is 9.84 Å². The van der Waals surface area contributed by atoms with Gasteiger partial charge in [-0.05, 0) is 36.4 Å². The van der Waals surface area contributed by atoms with E-state index in [9.17, 15) is 5.11 Å². The molecule has 1 aromatic carbocycles. The van der Waals surface area contributed by atoms with Crippen LogP contribution in [0, 0.1) is 0 Å². The summed E-state index contributed by atoms with van der Waals surface area (Å²) in [5.41, 5.74) is 1.60. The molecule has 20 heavy (non-hydrogen) atoms. The van der Waals surface area contributed by atoms with E-state index in [1.54, 1.807) is 24.2 Å². The molecule has 0 saturated carbocycles. The SMILES string of the molecule is CCCOc1cncc(C(O)c2ccc(SC)cc2)c1. The molecule has 106 valence electrons. The van der Waals surface area contributed by atoms with Gasteiger partial charge in [0.2, 0.25) is 0 Å². The lowest BCUT2D eigenvalue weighted by Gasteiger charge is -2.13. The maximum atomic E-state index is 10.4. The van der Waals surface area contributed by atoms with E-state index in [-0.39, 0.29) is 0 Å². The summed E-state index contributed by atoms with van der Waals surface area (Å²) in [7, 11) is 0. The molecule has 0 amide bonds. The topological polar surface area (TPSA) is 42.4 Å². The summed E-state index contributed by atoms with van der Waals surface area (Å²) < 4.78 is 5.54. The number of ether oxygens (including phenoxy) is 1. The van der Waals surface area contributed by atoms with Gasteiger partial charge >= 0.3 is 0 Å². The van der Waals surface area contributed by atoms with E-state index in [1.807, 2.05) is 36.6 Å². The molecule has 2 rings (SSSR count). The molecule has 0 aliphatic carbocycles. The number of aliphatic hydroxyl groups excluding tert-OH is 1. The Balaban J connectivity index is 2.16. The molecule has 0 saturated heterocycles. The molecule has 0 bridgehead atoms. The highest BCUT2D eigenvalue weighted by Crippen LogP contribution is 2.26. The Morgan fingerprint density at radius 3 is 2.60 bits per heavy atom. The minimum absolute atomic E-state index is 0.656.